The molecule has 0 bridgehead atoms. The molecule has 3 rings (SSSR count). The molecular weight excluding hydrogens is 386 g/mol. The first-order valence-electron chi connectivity index (χ1n) is 9.11. The number of carbonyl (C=O) groups is 1. The van der Waals surface area contributed by atoms with Gasteiger partial charge in [-0.2, -0.15) is 4.31 Å². The molecule has 1 heterocycles. The van der Waals surface area contributed by atoms with E-state index in [1.165, 1.54) is 4.31 Å². The highest BCUT2D eigenvalue weighted by Crippen LogP contribution is 2.28. The van der Waals surface area contributed by atoms with E-state index < -0.39 is 33.6 Å². The first-order valence-corrected chi connectivity index (χ1v) is 10.5. The predicted octanol–water partition coefficient (Wildman–Crippen LogP) is 3.85. The van der Waals surface area contributed by atoms with E-state index in [-0.39, 0.29) is 17.0 Å². The average Bonchev–Trinajstić information content (AvgIpc) is 2.65. The lowest BCUT2D eigenvalue weighted by atomic mass is 10.0. The number of piperidine rings is 1. The molecule has 8 heteroatoms. The van der Waals surface area contributed by atoms with Gasteiger partial charge in [-0.05, 0) is 44.0 Å². The summed E-state index contributed by atoms with van der Waals surface area (Å²) in [6.07, 6.45) is 1.98. The fraction of sp³-hybridized carbons (Fsp3) is 0.350. The van der Waals surface area contributed by atoms with Gasteiger partial charge in [0.2, 0.25) is 15.9 Å². The van der Waals surface area contributed by atoms with E-state index in [9.17, 15) is 22.0 Å². The second kappa shape index (κ2) is 8.36. The number of hydrogen-bond donors (Lipinski definition) is 1. The normalized spacial score (nSPS) is 18.0. The molecule has 0 aromatic heterocycles. The fourth-order valence-electron chi connectivity index (χ4n) is 3.35. The van der Waals surface area contributed by atoms with Crippen molar-refractivity contribution >= 4 is 21.6 Å². The number of halogens is 2. The Balaban J connectivity index is 1.75. The molecule has 1 aliphatic heterocycles. The molecule has 5 nitrogen and oxygen atoms in total. The molecule has 2 aromatic carbocycles. The van der Waals surface area contributed by atoms with Crippen molar-refractivity contribution in [2.75, 3.05) is 11.9 Å². The molecule has 2 aromatic rings. The third-order valence-electron chi connectivity index (χ3n) is 4.83. The van der Waals surface area contributed by atoms with Crippen molar-refractivity contribution in [1.82, 2.24) is 4.31 Å². The van der Waals surface area contributed by atoms with Crippen LogP contribution in [0.1, 0.15) is 31.2 Å². The van der Waals surface area contributed by atoms with Crippen LogP contribution in [-0.4, -0.2) is 31.2 Å². The van der Waals surface area contributed by atoms with Crippen molar-refractivity contribution in [2.24, 2.45) is 0 Å². The molecule has 0 aliphatic carbocycles. The Labute approximate surface area is 163 Å². The lowest BCUT2D eigenvalue weighted by Crippen LogP contribution is -2.45. The number of carbonyl (C=O) groups excluding carboxylic acids is 1. The van der Waals surface area contributed by atoms with E-state index in [1.54, 1.807) is 24.3 Å². The molecule has 1 fully saturated rings. The molecule has 150 valence electrons. The van der Waals surface area contributed by atoms with E-state index >= 15 is 0 Å². The van der Waals surface area contributed by atoms with E-state index in [0.29, 0.717) is 19.0 Å². The largest absolute Gasteiger partial charge is 0.324 e. The van der Waals surface area contributed by atoms with Crippen molar-refractivity contribution in [2.45, 2.75) is 43.5 Å². The summed E-state index contributed by atoms with van der Waals surface area (Å²) in [5.41, 5.74) is 0.824. The minimum absolute atomic E-state index is 0.0953. The second-order valence-electron chi connectivity index (χ2n) is 6.95. The monoisotopic (exact) mass is 408 g/mol. The summed E-state index contributed by atoms with van der Waals surface area (Å²) in [5.74, 6) is -2.12. The van der Waals surface area contributed by atoms with E-state index in [1.807, 2.05) is 6.92 Å². The number of nitrogens with one attached hydrogen (secondary N) is 1. The van der Waals surface area contributed by atoms with E-state index in [0.717, 1.165) is 30.5 Å². The van der Waals surface area contributed by atoms with Gasteiger partial charge >= 0.3 is 0 Å². The fourth-order valence-corrected chi connectivity index (χ4v) is 5.04. The summed E-state index contributed by atoms with van der Waals surface area (Å²) in [6.45, 7) is 2.21. The number of hydrogen-bond acceptors (Lipinski definition) is 3. The molecule has 1 amide bonds. The van der Waals surface area contributed by atoms with Crippen LogP contribution in [0.25, 0.3) is 0 Å². The van der Waals surface area contributed by atoms with Crippen LogP contribution < -0.4 is 5.32 Å². The van der Waals surface area contributed by atoms with Gasteiger partial charge in [0.1, 0.15) is 11.6 Å². The Morgan fingerprint density at radius 1 is 1.14 bits per heavy atom. The van der Waals surface area contributed by atoms with Crippen LogP contribution in [0.2, 0.25) is 0 Å². The summed E-state index contributed by atoms with van der Waals surface area (Å²) in [5, 5.41) is 2.40. The van der Waals surface area contributed by atoms with Crippen LogP contribution in [0.4, 0.5) is 14.5 Å². The number of anilines is 1. The van der Waals surface area contributed by atoms with Gasteiger partial charge in [-0.1, -0.05) is 24.1 Å². The second-order valence-corrected chi connectivity index (χ2v) is 8.85. The zero-order valence-corrected chi connectivity index (χ0v) is 16.3. The van der Waals surface area contributed by atoms with Crippen molar-refractivity contribution in [1.29, 1.82) is 0 Å². The summed E-state index contributed by atoms with van der Waals surface area (Å²) in [6, 6.07) is 8.95. The molecular formula is C20H22F2N2O3S. The number of rotatable bonds is 5. The first-order chi connectivity index (χ1) is 13.3. The predicted molar refractivity (Wildman–Crippen MR) is 102 cm³/mol. The van der Waals surface area contributed by atoms with Gasteiger partial charge < -0.3 is 5.32 Å². The van der Waals surface area contributed by atoms with E-state index in [2.05, 4.69) is 5.32 Å². The highest BCUT2D eigenvalue weighted by atomic mass is 32.2. The van der Waals surface area contributed by atoms with Crippen molar-refractivity contribution in [3.8, 4) is 0 Å². The summed E-state index contributed by atoms with van der Waals surface area (Å²) in [7, 11) is -3.73. The van der Waals surface area contributed by atoms with Crippen LogP contribution in [0.5, 0.6) is 0 Å². The minimum atomic E-state index is -3.73. The standard InChI is InChI=1S/C20H22F2N2O3S/c1-14-5-8-17(9-6-14)28(26,27)24-11-3-2-4-16(24)13-20(25)23-19-10-7-15(21)12-18(19)22/h5-10,12,16H,2-4,11,13H2,1H3,(H,23,25). The van der Waals surface area contributed by atoms with Gasteiger partial charge in [0.15, 0.2) is 0 Å². The summed E-state index contributed by atoms with van der Waals surface area (Å²) < 4.78 is 54.2. The Morgan fingerprint density at radius 3 is 2.54 bits per heavy atom. The van der Waals surface area contributed by atoms with Gasteiger partial charge in [0.05, 0.1) is 10.6 Å². The van der Waals surface area contributed by atoms with Crippen molar-refractivity contribution < 1.29 is 22.0 Å². The number of sulfonamides is 1. The van der Waals surface area contributed by atoms with Crippen LogP contribution in [0.15, 0.2) is 47.4 Å². The van der Waals surface area contributed by atoms with Gasteiger partial charge in [-0.25, -0.2) is 17.2 Å². The quantitative estimate of drug-likeness (QED) is 0.817. The average molecular weight is 408 g/mol. The smallest absolute Gasteiger partial charge is 0.243 e. The number of aryl methyl sites for hydroxylation is 1. The third kappa shape index (κ3) is 4.56. The number of nitrogens with zero attached hydrogens (tertiary/aromatic N) is 1. The highest BCUT2D eigenvalue weighted by molar-refractivity contribution is 7.89. The van der Waals surface area contributed by atoms with Crippen molar-refractivity contribution in [3.63, 3.8) is 0 Å². The molecule has 0 spiro atoms. The number of amides is 1. The zero-order chi connectivity index (χ0) is 20.3. The summed E-state index contributed by atoms with van der Waals surface area (Å²) >= 11 is 0. The maximum atomic E-state index is 13.7. The van der Waals surface area contributed by atoms with Crippen LogP contribution in [-0.2, 0) is 14.8 Å². The summed E-state index contributed by atoms with van der Waals surface area (Å²) in [4.78, 5) is 12.6. The minimum Gasteiger partial charge on any atom is -0.324 e. The first kappa shape index (κ1) is 20.4. The van der Waals surface area contributed by atoms with Crippen LogP contribution in [0, 0.1) is 18.6 Å². The van der Waals surface area contributed by atoms with Crippen molar-refractivity contribution in [3.05, 3.63) is 59.7 Å². The molecule has 0 radical (unpaired) electrons. The SMILES string of the molecule is Cc1ccc(S(=O)(=O)N2CCCCC2CC(=O)Nc2ccc(F)cc2F)cc1. The lowest BCUT2D eigenvalue weighted by molar-refractivity contribution is -0.117. The number of benzene rings is 2. The maximum Gasteiger partial charge on any atom is 0.243 e. The Morgan fingerprint density at radius 2 is 1.86 bits per heavy atom. The van der Waals surface area contributed by atoms with Gasteiger partial charge in [-0.15, -0.1) is 0 Å². The Kier molecular flexibility index (Phi) is 6.10. The molecule has 1 unspecified atom stereocenters. The topological polar surface area (TPSA) is 66.5 Å². The van der Waals surface area contributed by atoms with Gasteiger partial charge in [0.25, 0.3) is 0 Å². The molecule has 1 saturated heterocycles. The molecule has 28 heavy (non-hydrogen) atoms. The molecule has 1 aliphatic rings. The maximum absolute atomic E-state index is 13.7. The zero-order valence-electron chi connectivity index (χ0n) is 15.5. The molecule has 1 atom stereocenters. The third-order valence-corrected chi connectivity index (χ3v) is 6.79. The molecule has 1 N–H and O–H groups in total. The van der Waals surface area contributed by atoms with E-state index in [4.69, 9.17) is 0 Å². The van der Waals surface area contributed by atoms with Gasteiger partial charge in [-0.3, -0.25) is 4.79 Å². The highest BCUT2D eigenvalue weighted by Gasteiger charge is 2.34. The van der Waals surface area contributed by atoms with Crippen LogP contribution in [0.3, 0.4) is 0 Å². The van der Waals surface area contributed by atoms with Gasteiger partial charge in [0, 0.05) is 25.1 Å². The molecule has 0 saturated carbocycles. The Hall–Kier alpha value is -2.32. The lowest BCUT2D eigenvalue weighted by Gasteiger charge is -2.34. The Bertz CT molecular complexity index is 962. The van der Waals surface area contributed by atoms with Crippen LogP contribution >= 0.6 is 0 Å².